The highest BCUT2D eigenvalue weighted by molar-refractivity contribution is 6.42. The second-order valence-corrected chi connectivity index (χ2v) is 10.6. The van der Waals surface area contributed by atoms with Crippen molar-refractivity contribution in [1.82, 2.24) is 9.80 Å². The summed E-state index contributed by atoms with van der Waals surface area (Å²) in [7, 11) is 2.86. The second kappa shape index (κ2) is 11.0. The molecule has 0 spiro atoms. The van der Waals surface area contributed by atoms with Crippen LogP contribution >= 0.6 is 23.2 Å². The first kappa shape index (κ1) is 29.8. The number of carboxylic acids is 1. The predicted octanol–water partition coefficient (Wildman–Crippen LogP) is 4.98. The highest BCUT2D eigenvalue weighted by Gasteiger charge is 2.72. The van der Waals surface area contributed by atoms with Gasteiger partial charge in [0.2, 0.25) is 11.8 Å². The van der Waals surface area contributed by atoms with Gasteiger partial charge in [0, 0.05) is 13.1 Å². The zero-order valence-electron chi connectivity index (χ0n) is 21.4. The summed E-state index contributed by atoms with van der Waals surface area (Å²) in [5.74, 6) is -5.06. The third-order valence-corrected chi connectivity index (χ3v) is 8.51. The van der Waals surface area contributed by atoms with Crippen LogP contribution in [0.4, 0.5) is 13.2 Å². The number of nitrogens with zero attached hydrogens (tertiary/aromatic N) is 2. The minimum atomic E-state index is -5.08. The number of carboxylic acid groups (broad SMARTS) is 1. The number of piperidine rings is 1. The number of benzene rings is 2. The Labute approximate surface area is 237 Å². The van der Waals surface area contributed by atoms with E-state index in [2.05, 4.69) is 4.90 Å². The number of ether oxygens (including phenoxy) is 1. The highest BCUT2D eigenvalue weighted by atomic mass is 35.5. The molecule has 0 radical (unpaired) electrons. The molecular formula is C27H25Cl2F3N2O6. The van der Waals surface area contributed by atoms with Crippen LogP contribution in [-0.4, -0.2) is 71.1 Å². The summed E-state index contributed by atoms with van der Waals surface area (Å²) in [5.41, 5.74) is 1.67. The fourth-order valence-corrected chi connectivity index (χ4v) is 6.35. The maximum absolute atomic E-state index is 13.2. The number of rotatable bonds is 3. The van der Waals surface area contributed by atoms with Crippen LogP contribution in [0.5, 0.6) is 0 Å². The quantitative estimate of drug-likeness (QED) is 0.391. The number of aliphatic carboxylic acids is 1. The Morgan fingerprint density at radius 1 is 1.00 bits per heavy atom. The van der Waals surface area contributed by atoms with Gasteiger partial charge < -0.3 is 9.84 Å². The molecule has 3 aliphatic heterocycles. The maximum atomic E-state index is 13.2. The van der Waals surface area contributed by atoms with Gasteiger partial charge >= 0.3 is 18.1 Å². The van der Waals surface area contributed by atoms with Crippen LogP contribution in [0.25, 0.3) is 11.1 Å². The molecule has 3 saturated heterocycles. The van der Waals surface area contributed by atoms with Crippen LogP contribution in [0.2, 0.25) is 10.0 Å². The van der Waals surface area contributed by atoms with Crippen LogP contribution in [-0.2, 0) is 23.9 Å². The van der Waals surface area contributed by atoms with Crippen molar-refractivity contribution < 1.29 is 42.2 Å². The summed E-state index contributed by atoms with van der Waals surface area (Å²) in [5, 5.41) is 8.10. The van der Waals surface area contributed by atoms with Crippen molar-refractivity contribution in [3.8, 4) is 11.1 Å². The number of imide groups is 1. The van der Waals surface area contributed by atoms with Crippen LogP contribution in [0, 0.1) is 11.8 Å². The lowest BCUT2D eigenvalue weighted by molar-refractivity contribution is -0.192. The fraction of sp³-hybridized carbons (Fsp3) is 0.407. The Morgan fingerprint density at radius 2 is 1.60 bits per heavy atom. The second-order valence-electron chi connectivity index (χ2n) is 9.80. The van der Waals surface area contributed by atoms with E-state index in [0.717, 1.165) is 29.5 Å². The molecule has 0 aromatic heterocycles. The summed E-state index contributed by atoms with van der Waals surface area (Å²) >= 11 is 12.2. The molecule has 214 valence electrons. The van der Waals surface area contributed by atoms with E-state index in [1.54, 1.807) is 6.07 Å². The van der Waals surface area contributed by atoms with E-state index in [9.17, 15) is 27.6 Å². The molecule has 1 N–H and O–H groups in total. The number of methoxy groups -OCH3 is 1. The van der Waals surface area contributed by atoms with Crippen molar-refractivity contribution in [3.05, 3.63) is 58.1 Å². The van der Waals surface area contributed by atoms with Crippen molar-refractivity contribution in [2.45, 2.75) is 37.0 Å². The fourth-order valence-electron chi connectivity index (χ4n) is 6.05. The monoisotopic (exact) mass is 600 g/mol. The predicted molar refractivity (Wildman–Crippen MR) is 138 cm³/mol. The van der Waals surface area contributed by atoms with Crippen LogP contribution in [0.1, 0.15) is 30.9 Å². The molecule has 0 saturated carbocycles. The molecule has 13 heteroatoms. The summed E-state index contributed by atoms with van der Waals surface area (Å²) in [6.45, 7) is 0.631. The molecule has 8 nitrogen and oxygen atoms in total. The van der Waals surface area contributed by atoms with Gasteiger partial charge in [-0.05, 0) is 54.6 Å². The number of hydrogen-bond acceptors (Lipinski definition) is 6. The molecular weight excluding hydrogens is 576 g/mol. The van der Waals surface area contributed by atoms with Gasteiger partial charge in [0.1, 0.15) is 5.54 Å². The topological polar surface area (TPSA) is 104 Å². The van der Waals surface area contributed by atoms with Gasteiger partial charge in [-0.15, -0.1) is 0 Å². The lowest BCUT2D eigenvalue weighted by Crippen LogP contribution is -2.59. The Morgan fingerprint density at radius 3 is 2.15 bits per heavy atom. The van der Waals surface area contributed by atoms with E-state index in [-0.39, 0.29) is 17.9 Å². The number of carbonyl (C=O) groups excluding carboxylic acids is 3. The zero-order chi connectivity index (χ0) is 29.6. The molecule has 4 atom stereocenters. The molecule has 3 fully saturated rings. The first-order chi connectivity index (χ1) is 18.7. The van der Waals surface area contributed by atoms with Gasteiger partial charge in [-0.25, -0.2) is 4.79 Å². The summed E-state index contributed by atoms with van der Waals surface area (Å²) in [6.07, 6.45) is -2.87. The SMILES string of the molecule is COC(=O)[C@@]12CCCCN1[C@H](c1ccc(-c3ccc(Cl)c(Cl)c3)cc1)[C@H]1C(=O)N(C)C(=O)[C@H]12.O=C(O)C(F)(F)F. The van der Waals surface area contributed by atoms with Crippen molar-refractivity contribution in [1.29, 1.82) is 0 Å². The van der Waals surface area contributed by atoms with E-state index in [0.29, 0.717) is 23.0 Å². The molecule has 5 rings (SSSR count). The average Bonchev–Trinajstić information content (AvgIpc) is 3.35. The third kappa shape index (κ3) is 4.95. The number of hydrogen-bond donors (Lipinski definition) is 1. The van der Waals surface area contributed by atoms with Crippen LogP contribution < -0.4 is 0 Å². The van der Waals surface area contributed by atoms with Crippen molar-refractivity contribution in [2.24, 2.45) is 11.8 Å². The minimum Gasteiger partial charge on any atom is -0.475 e. The molecule has 0 bridgehead atoms. The van der Waals surface area contributed by atoms with Gasteiger partial charge in [0.15, 0.2) is 0 Å². The summed E-state index contributed by atoms with van der Waals surface area (Å²) < 4.78 is 37.0. The van der Waals surface area contributed by atoms with Crippen LogP contribution in [0.15, 0.2) is 42.5 Å². The maximum Gasteiger partial charge on any atom is 0.490 e. The zero-order valence-corrected chi connectivity index (χ0v) is 22.9. The Bertz CT molecular complexity index is 1350. The number of amides is 2. The van der Waals surface area contributed by atoms with Gasteiger partial charge in [-0.2, -0.15) is 13.2 Å². The van der Waals surface area contributed by atoms with Gasteiger partial charge in [0.25, 0.3) is 0 Å². The van der Waals surface area contributed by atoms with Gasteiger partial charge in [0.05, 0.1) is 29.0 Å². The number of fused-ring (bicyclic) bond motifs is 3. The lowest BCUT2D eigenvalue weighted by Gasteiger charge is -2.44. The molecule has 0 aliphatic carbocycles. The lowest BCUT2D eigenvalue weighted by atomic mass is 9.75. The number of alkyl halides is 3. The minimum absolute atomic E-state index is 0.235. The van der Waals surface area contributed by atoms with Crippen molar-refractivity contribution in [2.75, 3.05) is 20.7 Å². The molecule has 3 heterocycles. The number of halogens is 5. The summed E-state index contributed by atoms with van der Waals surface area (Å²) in [6, 6.07) is 13.0. The first-order valence-corrected chi connectivity index (χ1v) is 13.0. The third-order valence-electron chi connectivity index (χ3n) is 7.77. The van der Waals surface area contributed by atoms with Crippen molar-refractivity contribution in [3.63, 3.8) is 0 Å². The van der Waals surface area contributed by atoms with E-state index < -0.39 is 35.5 Å². The molecule has 40 heavy (non-hydrogen) atoms. The normalized spacial score (nSPS) is 26.1. The Kier molecular flexibility index (Phi) is 8.22. The largest absolute Gasteiger partial charge is 0.490 e. The van der Waals surface area contributed by atoms with Crippen LogP contribution in [0.3, 0.4) is 0 Å². The molecule has 0 unspecified atom stereocenters. The van der Waals surface area contributed by atoms with E-state index in [1.807, 2.05) is 36.4 Å². The average molecular weight is 601 g/mol. The van der Waals surface area contributed by atoms with E-state index >= 15 is 0 Å². The molecule has 2 amide bonds. The number of likely N-dealkylation sites (tertiary alicyclic amines) is 1. The molecule has 2 aromatic rings. The first-order valence-electron chi connectivity index (χ1n) is 12.3. The van der Waals surface area contributed by atoms with Gasteiger partial charge in [-0.1, -0.05) is 53.5 Å². The van der Waals surface area contributed by atoms with E-state index in [4.69, 9.17) is 37.8 Å². The standard InChI is InChI=1S/C25H24Cl2N2O4.C2HF3O2/c1-28-22(30)19-20(23(28)31)25(24(32)33-2)11-3-4-12-29(25)21(19)15-7-5-14(6-8-15)16-9-10-17(26)18(27)13-16;3-2(4,5)1(6)7/h5-10,13,19-21H,3-4,11-12H2,1-2H3;(H,6,7)/t19-,20-,21+,25-;/m0./s1. The number of carbonyl (C=O) groups is 4. The smallest absolute Gasteiger partial charge is 0.475 e. The van der Waals surface area contributed by atoms with Crippen molar-refractivity contribution >= 4 is 47.0 Å². The number of esters is 1. The Hall–Kier alpha value is -3.15. The van der Waals surface area contributed by atoms with E-state index in [1.165, 1.54) is 19.1 Å². The highest BCUT2D eigenvalue weighted by Crippen LogP contribution is 2.58. The molecule has 3 aliphatic rings. The molecule has 2 aromatic carbocycles. The summed E-state index contributed by atoms with van der Waals surface area (Å²) in [4.78, 5) is 51.8. The Balaban J connectivity index is 0.000000470. The van der Waals surface area contributed by atoms with Gasteiger partial charge in [-0.3, -0.25) is 24.2 Å².